The van der Waals surface area contributed by atoms with Crippen LogP contribution in [-0.2, 0) is 4.74 Å². The number of fused-ring (bicyclic) bond motifs is 1. The largest absolute Gasteiger partial charge is 0.498 e. The highest BCUT2D eigenvalue weighted by Crippen LogP contribution is 2.22. The lowest BCUT2D eigenvalue weighted by atomic mass is 10.1. The molecule has 0 unspecified atom stereocenters. The Bertz CT molecular complexity index is 890. The molecule has 0 aliphatic carbocycles. The molecule has 0 bridgehead atoms. The maximum atomic E-state index is 12.3. The van der Waals surface area contributed by atoms with Crippen LogP contribution in [0, 0.1) is 0 Å². The summed E-state index contributed by atoms with van der Waals surface area (Å²) in [5.74, 6) is -1.15. The first kappa shape index (κ1) is 16.8. The maximum absolute atomic E-state index is 12.3. The zero-order valence-electron chi connectivity index (χ0n) is 12.5. The Kier molecular flexibility index (Phi) is 4.49. The van der Waals surface area contributed by atoms with E-state index in [4.69, 9.17) is 9.47 Å². The minimum atomic E-state index is -0.770. The Morgan fingerprint density at radius 3 is 2.29 bits per heavy atom. The van der Waals surface area contributed by atoms with E-state index in [9.17, 15) is 14.4 Å². The maximum Gasteiger partial charge on any atom is 0.346 e. The number of rotatable bonds is 3. The molecule has 0 saturated heterocycles. The number of hydrogen-bond acceptors (Lipinski definition) is 6. The Morgan fingerprint density at radius 1 is 0.958 bits per heavy atom. The van der Waals surface area contributed by atoms with Crippen molar-refractivity contribution in [1.29, 1.82) is 0 Å². The van der Waals surface area contributed by atoms with E-state index in [1.54, 1.807) is 19.2 Å². The van der Waals surface area contributed by atoms with E-state index < -0.39 is 17.9 Å². The molecule has 1 aliphatic rings. The lowest BCUT2D eigenvalue weighted by Gasteiger charge is -2.13. The van der Waals surface area contributed by atoms with E-state index in [1.807, 2.05) is 0 Å². The third-order valence-electron chi connectivity index (χ3n) is 3.45. The van der Waals surface area contributed by atoms with Gasteiger partial charge in [-0.1, -0.05) is 8.85 Å². The average molecular weight is 350 g/mol. The smallest absolute Gasteiger partial charge is 0.346 e. The number of carbonyl (C=O) groups is 3. The fourth-order valence-electron chi connectivity index (χ4n) is 2.23. The summed E-state index contributed by atoms with van der Waals surface area (Å²) in [6.07, 6.45) is 0. The normalized spacial score (nSPS) is 12.5. The summed E-state index contributed by atoms with van der Waals surface area (Å²) in [4.78, 5) is 35.3. The molecular formula is C16H8Al2O6. The van der Waals surface area contributed by atoms with Crippen LogP contribution in [0.5, 0.6) is 11.5 Å². The second kappa shape index (κ2) is 6.43. The standard InChI is InChI=1S/C16H8O6.2Al/c1-20-10-3-5-11(6-4-10)21-14(17)9-2-7-12-13(8-9)16(19)22-15(12)18;;/h2-3,6-8H,1H3;;. The van der Waals surface area contributed by atoms with E-state index in [0.717, 1.165) is 4.43 Å². The van der Waals surface area contributed by atoms with Crippen molar-refractivity contribution in [2.45, 2.75) is 0 Å². The quantitative estimate of drug-likeness (QED) is 0.331. The van der Waals surface area contributed by atoms with Crippen LogP contribution in [0.25, 0.3) is 0 Å². The molecule has 8 heteroatoms. The van der Waals surface area contributed by atoms with Gasteiger partial charge in [0, 0.05) is 0 Å². The fraction of sp³-hybridized carbons (Fsp3) is 0.0625. The van der Waals surface area contributed by atoms with Gasteiger partial charge in [0.1, 0.15) is 11.5 Å². The van der Waals surface area contributed by atoms with Crippen LogP contribution in [0.4, 0.5) is 0 Å². The number of esters is 3. The minimum Gasteiger partial charge on any atom is -0.498 e. The first-order valence-electron chi connectivity index (χ1n) is 6.76. The minimum absolute atomic E-state index is 0.0574. The van der Waals surface area contributed by atoms with Crippen LogP contribution in [0.1, 0.15) is 31.1 Å². The van der Waals surface area contributed by atoms with E-state index in [0.29, 0.717) is 15.9 Å². The Balaban J connectivity index is 1.89. The number of ether oxygens (including phenoxy) is 3. The summed E-state index contributed by atoms with van der Waals surface area (Å²) < 4.78 is 16.4. The van der Waals surface area contributed by atoms with E-state index in [1.165, 1.54) is 18.2 Å². The van der Waals surface area contributed by atoms with Crippen LogP contribution in [0.15, 0.2) is 30.3 Å². The molecule has 0 saturated carbocycles. The molecule has 1 heterocycles. The van der Waals surface area contributed by atoms with Crippen LogP contribution in [-0.4, -0.2) is 57.6 Å². The number of carbonyl (C=O) groups excluding carboxylic acids is 3. The molecule has 0 fully saturated rings. The predicted octanol–water partition coefficient (Wildman–Crippen LogP) is -0.187. The highest BCUT2D eigenvalue weighted by atomic mass is 27.1. The van der Waals surface area contributed by atoms with Crippen LogP contribution < -0.4 is 18.3 Å². The zero-order valence-corrected chi connectivity index (χ0v) is 14.8. The van der Waals surface area contributed by atoms with Crippen LogP contribution in [0.3, 0.4) is 0 Å². The van der Waals surface area contributed by atoms with Crippen molar-refractivity contribution in [3.8, 4) is 11.5 Å². The Morgan fingerprint density at radius 2 is 1.58 bits per heavy atom. The van der Waals surface area contributed by atoms with Gasteiger partial charge in [-0.2, -0.15) is 0 Å². The van der Waals surface area contributed by atoms with Gasteiger partial charge in [-0.05, 0) is 30.3 Å². The summed E-state index contributed by atoms with van der Waals surface area (Å²) >= 11 is 4.95. The van der Waals surface area contributed by atoms with E-state index >= 15 is 0 Å². The van der Waals surface area contributed by atoms with Gasteiger partial charge in [-0.3, -0.25) is 0 Å². The molecular weight excluding hydrogens is 342 g/mol. The molecule has 0 atom stereocenters. The summed E-state index contributed by atoms with van der Waals surface area (Å²) in [5, 5.41) is 0. The molecule has 3 rings (SSSR count). The molecule has 2 aromatic rings. The summed E-state index contributed by atoms with van der Waals surface area (Å²) in [6.45, 7) is 0. The van der Waals surface area contributed by atoms with Crippen LogP contribution in [0.2, 0.25) is 0 Å². The van der Waals surface area contributed by atoms with Crippen molar-refractivity contribution in [2.75, 3.05) is 7.11 Å². The fourth-order valence-corrected chi connectivity index (χ4v) is 2.87. The SMILES string of the molecule is COc1c[c]([Al])c(OC(=O)c2ccc3c(c2)C(=O)OC3=O)c[c]1[Al]. The van der Waals surface area contributed by atoms with Gasteiger partial charge in [0.2, 0.25) is 0 Å². The lowest BCUT2D eigenvalue weighted by molar-refractivity contribution is 0.0443. The van der Waals surface area contributed by atoms with E-state index in [-0.39, 0.29) is 16.7 Å². The number of methoxy groups -OCH3 is 1. The van der Waals surface area contributed by atoms with Gasteiger partial charge in [0.05, 0.1) is 23.8 Å². The van der Waals surface area contributed by atoms with Gasteiger partial charge in [-0.15, -0.1) is 0 Å². The highest BCUT2D eigenvalue weighted by molar-refractivity contribution is 6.38. The van der Waals surface area contributed by atoms with Crippen molar-refractivity contribution in [2.24, 2.45) is 0 Å². The number of benzene rings is 2. The lowest BCUT2D eigenvalue weighted by Crippen LogP contribution is -2.20. The molecule has 4 radical (unpaired) electrons. The van der Waals surface area contributed by atoms with Crippen molar-refractivity contribution in [3.63, 3.8) is 0 Å². The third kappa shape index (κ3) is 2.98. The molecule has 114 valence electrons. The molecule has 2 aromatic carbocycles. The van der Waals surface area contributed by atoms with Crippen molar-refractivity contribution >= 4 is 59.3 Å². The van der Waals surface area contributed by atoms with Crippen LogP contribution >= 0.6 is 0 Å². The molecule has 0 spiro atoms. The summed E-state index contributed by atoms with van der Waals surface area (Å²) in [7, 11) is 1.55. The van der Waals surface area contributed by atoms with Crippen molar-refractivity contribution < 1.29 is 28.6 Å². The Labute approximate surface area is 153 Å². The predicted molar refractivity (Wildman–Crippen MR) is 84.9 cm³/mol. The van der Waals surface area contributed by atoms with E-state index in [2.05, 4.69) is 37.3 Å². The summed E-state index contributed by atoms with van der Waals surface area (Å²) in [5.41, 5.74) is 0.341. The average Bonchev–Trinajstić information content (AvgIpc) is 2.84. The zero-order chi connectivity index (χ0) is 17.4. The first-order chi connectivity index (χ1) is 11.4. The van der Waals surface area contributed by atoms with Crippen molar-refractivity contribution in [3.05, 3.63) is 47.0 Å². The molecule has 1 aliphatic heterocycles. The highest BCUT2D eigenvalue weighted by Gasteiger charge is 2.30. The Hall–Kier alpha value is -2.09. The monoisotopic (exact) mass is 350 g/mol. The number of cyclic esters (lactones) is 2. The van der Waals surface area contributed by atoms with Gasteiger partial charge >= 0.3 is 17.9 Å². The molecule has 6 nitrogen and oxygen atoms in total. The van der Waals surface area contributed by atoms with Crippen molar-refractivity contribution in [1.82, 2.24) is 0 Å². The molecule has 0 N–H and O–H groups in total. The number of hydrogen-bond donors (Lipinski definition) is 0. The second-order valence-electron chi connectivity index (χ2n) is 4.96. The van der Waals surface area contributed by atoms with Gasteiger partial charge in [-0.25, -0.2) is 14.4 Å². The molecule has 0 aromatic heterocycles. The molecule has 0 amide bonds. The topological polar surface area (TPSA) is 78.9 Å². The van der Waals surface area contributed by atoms with Gasteiger partial charge in [0.15, 0.2) is 32.6 Å². The van der Waals surface area contributed by atoms with Gasteiger partial charge < -0.3 is 14.2 Å². The second-order valence-corrected chi connectivity index (χ2v) is 6.20. The first-order valence-corrected chi connectivity index (χ1v) is 7.92. The molecule has 24 heavy (non-hydrogen) atoms. The van der Waals surface area contributed by atoms with Gasteiger partial charge in [0.25, 0.3) is 0 Å². The summed E-state index contributed by atoms with van der Waals surface area (Å²) in [6, 6.07) is 7.44. The third-order valence-corrected chi connectivity index (χ3v) is 4.35.